The van der Waals surface area contributed by atoms with Crippen molar-refractivity contribution in [3.8, 4) is 5.75 Å². The number of aryl methyl sites for hydroxylation is 1. The van der Waals surface area contributed by atoms with Gasteiger partial charge in [0.2, 0.25) is 0 Å². The molecule has 1 N–H and O–H groups in total. The van der Waals surface area contributed by atoms with E-state index < -0.39 is 0 Å². The topological polar surface area (TPSA) is 63.4 Å². The maximum atomic E-state index is 6.03. The summed E-state index contributed by atoms with van der Waals surface area (Å²) in [5, 5.41) is 4.03. The predicted octanol–water partition coefficient (Wildman–Crippen LogP) is 2.84. The Morgan fingerprint density at radius 2 is 2.31 bits per heavy atom. The quantitative estimate of drug-likeness (QED) is 0.511. The number of rotatable bonds is 4. The molecule has 8 heteroatoms. The first-order valence-electron chi connectivity index (χ1n) is 8.19. The summed E-state index contributed by atoms with van der Waals surface area (Å²) < 4.78 is 11.8. The molecule has 1 aliphatic rings. The second-order valence-electron chi connectivity index (χ2n) is 6.07. The first-order chi connectivity index (χ1) is 12.2. The van der Waals surface area contributed by atoms with Crippen LogP contribution in [0.15, 0.2) is 34.9 Å². The Hall–Kier alpha value is -1.65. The van der Waals surface area contributed by atoms with E-state index in [0.29, 0.717) is 23.2 Å². The Morgan fingerprint density at radius 3 is 3.15 bits per heavy atom. The Kier molecular flexibility index (Phi) is 6.15. The van der Waals surface area contributed by atoms with Crippen molar-refractivity contribution < 1.29 is 29.6 Å². The summed E-state index contributed by atoms with van der Waals surface area (Å²) in [4.78, 5) is 10.8. The van der Waals surface area contributed by atoms with Crippen LogP contribution >= 0.6 is 11.6 Å². The van der Waals surface area contributed by atoms with Crippen molar-refractivity contribution in [3.05, 3.63) is 47.2 Å². The van der Waals surface area contributed by atoms with E-state index >= 15 is 0 Å². The summed E-state index contributed by atoms with van der Waals surface area (Å²) in [5.41, 5.74) is 2.45. The van der Waals surface area contributed by atoms with Crippen LogP contribution in [0.4, 0.5) is 6.01 Å². The third-order valence-electron chi connectivity index (χ3n) is 4.17. The fourth-order valence-electron chi connectivity index (χ4n) is 2.92. The zero-order chi connectivity index (χ0) is 17.2. The maximum Gasteiger partial charge on any atom is 0.298 e. The number of halogens is 1. The molecule has 0 aliphatic carbocycles. The van der Waals surface area contributed by atoms with Gasteiger partial charge in [0.15, 0.2) is 5.58 Å². The van der Waals surface area contributed by atoms with Crippen LogP contribution in [0.5, 0.6) is 5.75 Å². The smallest absolute Gasteiger partial charge is 0.298 e. The van der Waals surface area contributed by atoms with Gasteiger partial charge in [-0.15, -0.1) is 11.6 Å². The second-order valence-corrected chi connectivity index (χ2v) is 6.51. The molecule has 0 bridgehead atoms. The van der Waals surface area contributed by atoms with Crippen molar-refractivity contribution in [2.75, 3.05) is 31.1 Å². The molecule has 0 amide bonds. The Balaban J connectivity index is 0.00000196. The third kappa shape index (κ3) is 4.18. The van der Waals surface area contributed by atoms with E-state index in [-0.39, 0.29) is 26.5 Å². The van der Waals surface area contributed by atoms with E-state index in [1.807, 2.05) is 25.1 Å². The minimum atomic E-state index is 0. The fraction of sp³-hybridized carbons (Fsp3) is 0.333. The molecule has 26 heavy (non-hydrogen) atoms. The van der Waals surface area contributed by atoms with Gasteiger partial charge >= 0.3 is 0 Å². The van der Waals surface area contributed by atoms with Gasteiger partial charge < -0.3 is 24.4 Å². The van der Waals surface area contributed by atoms with E-state index in [1.165, 1.54) is 0 Å². The Bertz CT molecular complexity index is 889. The molecule has 3 heterocycles. The SMILES string of the molecule is Cc1[c-]ncc(OCC2CNCCN2c2nc3ccc(Cl)cc3o2)c1.[Re]. The summed E-state index contributed by atoms with van der Waals surface area (Å²) in [6.45, 7) is 4.92. The van der Waals surface area contributed by atoms with Crippen molar-refractivity contribution >= 4 is 28.7 Å². The summed E-state index contributed by atoms with van der Waals surface area (Å²) in [6, 6.07) is 8.11. The average Bonchev–Trinajstić information content (AvgIpc) is 3.03. The number of oxazole rings is 1. The van der Waals surface area contributed by atoms with Crippen molar-refractivity contribution in [2.24, 2.45) is 0 Å². The molecule has 1 unspecified atom stereocenters. The van der Waals surface area contributed by atoms with Crippen LogP contribution in [-0.2, 0) is 20.4 Å². The van der Waals surface area contributed by atoms with Gasteiger partial charge in [0.05, 0.1) is 6.04 Å². The molecule has 1 atom stereocenters. The van der Waals surface area contributed by atoms with Crippen LogP contribution in [0.1, 0.15) is 5.56 Å². The number of ether oxygens (including phenoxy) is 1. The average molecular weight is 544 g/mol. The minimum Gasteiger partial charge on any atom is -0.515 e. The fourth-order valence-corrected chi connectivity index (χ4v) is 3.08. The third-order valence-corrected chi connectivity index (χ3v) is 4.40. The molecule has 3 aromatic rings. The van der Waals surface area contributed by atoms with Gasteiger partial charge in [-0.1, -0.05) is 24.7 Å². The number of fused-ring (bicyclic) bond motifs is 1. The van der Waals surface area contributed by atoms with E-state index in [9.17, 15) is 0 Å². The van der Waals surface area contributed by atoms with Crippen molar-refractivity contribution in [1.29, 1.82) is 0 Å². The molecule has 1 fully saturated rings. The maximum absolute atomic E-state index is 6.03. The normalized spacial score (nSPS) is 17.2. The van der Waals surface area contributed by atoms with E-state index in [4.69, 9.17) is 20.8 Å². The second kappa shape index (κ2) is 8.36. The number of hydrogen-bond acceptors (Lipinski definition) is 6. The number of hydrogen-bond donors (Lipinski definition) is 1. The molecular formula is C18H18ClN4O2Re-. The van der Waals surface area contributed by atoms with E-state index in [0.717, 1.165) is 36.5 Å². The monoisotopic (exact) mass is 544 g/mol. The standard InChI is InChI=1S/C18H18ClN4O2.Re/c1-12-6-15(10-21-8-12)24-11-14-9-20-4-5-23(14)18-22-16-3-2-13(19)7-17(16)25-18;/h2-3,6-7,10,14,20H,4-5,9,11H2,1H3;/q-1;. The van der Waals surface area contributed by atoms with Crippen LogP contribution in [0.25, 0.3) is 11.1 Å². The van der Waals surface area contributed by atoms with Gasteiger partial charge in [-0.3, -0.25) is 0 Å². The van der Waals surface area contributed by atoms with Crippen molar-refractivity contribution in [3.63, 3.8) is 0 Å². The number of benzene rings is 1. The molecule has 1 aromatic carbocycles. The first-order valence-corrected chi connectivity index (χ1v) is 8.57. The Morgan fingerprint density at radius 1 is 1.42 bits per heavy atom. The number of nitrogens with one attached hydrogen (secondary N) is 1. The summed E-state index contributed by atoms with van der Waals surface area (Å²) in [6.07, 6.45) is 4.55. The van der Waals surface area contributed by atoms with Gasteiger partial charge in [-0.2, -0.15) is 4.98 Å². The van der Waals surface area contributed by atoms with Crippen LogP contribution in [-0.4, -0.2) is 42.3 Å². The predicted molar refractivity (Wildman–Crippen MR) is 96.3 cm³/mol. The summed E-state index contributed by atoms with van der Waals surface area (Å²) in [7, 11) is 0. The van der Waals surface area contributed by atoms with E-state index in [1.54, 1.807) is 12.3 Å². The molecule has 1 aliphatic heterocycles. The molecule has 0 saturated carbocycles. The molecule has 4 rings (SSSR count). The molecule has 6 nitrogen and oxygen atoms in total. The van der Waals surface area contributed by atoms with Gasteiger partial charge in [-0.25, -0.2) is 0 Å². The molecule has 0 spiro atoms. The zero-order valence-corrected chi connectivity index (χ0v) is 17.7. The summed E-state index contributed by atoms with van der Waals surface area (Å²) in [5.74, 6) is 0.742. The number of piperazine rings is 1. The van der Waals surface area contributed by atoms with Crippen LogP contribution in [0, 0.1) is 13.1 Å². The largest absolute Gasteiger partial charge is 0.515 e. The first kappa shape index (κ1) is 19.1. The zero-order valence-electron chi connectivity index (χ0n) is 14.2. The number of anilines is 1. The van der Waals surface area contributed by atoms with Gasteiger partial charge in [-0.05, 0) is 18.3 Å². The van der Waals surface area contributed by atoms with Crippen LogP contribution in [0.2, 0.25) is 5.02 Å². The van der Waals surface area contributed by atoms with E-state index in [2.05, 4.69) is 26.4 Å². The minimum absolute atomic E-state index is 0. The van der Waals surface area contributed by atoms with Crippen molar-refractivity contribution in [2.45, 2.75) is 13.0 Å². The molecule has 1 saturated heterocycles. The number of nitrogens with zero attached hydrogens (tertiary/aromatic N) is 3. The van der Waals surface area contributed by atoms with Gasteiger partial charge in [0, 0.05) is 56.9 Å². The number of aromatic nitrogens is 2. The van der Waals surface area contributed by atoms with Crippen LogP contribution in [0.3, 0.4) is 0 Å². The molecule has 1 radical (unpaired) electrons. The summed E-state index contributed by atoms with van der Waals surface area (Å²) >= 11 is 6.03. The Labute approximate surface area is 170 Å². The molecule has 137 valence electrons. The molecular weight excluding hydrogens is 526 g/mol. The van der Waals surface area contributed by atoms with Crippen molar-refractivity contribution in [1.82, 2.24) is 15.3 Å². The van der Waals surface area contributed by atoms with Crippen LogP contribution < -0.4 is 15.0 Å². The molecule has 2 aromatic heterocycles. The van der Waals surface area contributed by atoms with Gasteiger partial charge in [0.25, 0.3) is 6.01 Å². The van der Waals surface area contributed by atoms with Gasteiger partial charge in [0.1, 0.15) is 12.1 Å². The number of pyridine rings is 1.